The van der Waals surface area contributed by atoms with E-state index in [-0.39, 0.29) is 25.0 Å². The van der Waals surface area contributed by atoms with Gasteiger partial charge in [-0.3, -0.25) is 0 Å². The van der Waals surface area contributed by atoms with Crippen molar-refractivity contribution in [3.8, 4) is 0 Å². The first kappa shape index (κ1) is 29.7. The molecule has 0 radical (unpaired) electrons. The molecule has 0 aliphatic carbocycles. The van der Waals surface area contributed by atoms with Crippen LogP contribution in [-0.4, -0.2) is 10.3 Å². The maximum absolute atomic E-state index is 2.48. The molecule has 4 rings (SSSR count). The molecule has 0 saturated carbocycles. The summed E-state index contributed by atoms with van der Waals surface area (Å²) in [6.07, 6.45) is 0. The molecule has 0 N–H and O–H groups in total. The van der Waals surface area contributed by atoms with E-state index in [1.54, 1.807) is 5.56 Å². The normalized spacial score (nSPS) is 12.6. The van der Waals surface area contributed by atoms with Crippen molar-refractivity contribution in [2.45, 2.75) is 64.4 Å². The molecule has 1 atom stereocenters. The second-order valence-electron chi connectivity index (χ2n) is 10.7. The summed E-state index contributed by atoms with van der Waals surface area (Å²) in [5.74, 6) is 0. The summed E-state index contributed by atoms with van der Waals surface area (Å²) in [6.45, 7) is 17.1. The standard InChI is InChI=1S/C27H35P2.C5H5.Fe/c1-21(29(26(2,3)4)27(5,6)7)24-19-14-20-25(24)28(22-15-10-8-11-16-22)23-17-12-9-13-18-23;1-2-4-5-3-1;/h8-21H,1-7H3;1-5H;/q2*-1;+2/t21-;;/m0../s1. The van der Waals surface area contributed by atoms with E-state index in [1.807, 2.05) is 30.3 Å². The van der Waals surface area contributed by atoms with E-state index < -0.39 is 7.92 Å². The predicted molar refractivity (Wildman–Crippen MR) is 158 cm³/mol. The molecule has 0 aliphatic rings. The van der Waals surface area contributed by atoms with Crippen molar-refractivity contribution in [3.63, 3.8) is 0 Å². The minimum absolute atomic E-state index is 0. The molecule has 0 unspecified atom stereocenters. The SMILES string of the molecule is C[C@@H]([c-]1cccc1P(c1ccccc1)c1ccccc1)P(C(C)(C)C)C(C)(C)C.[Fe+2].c1cc[cH-]c1. The smallest absolute Gasteiger partial charge is 0.214 e. The summed E-state index contributed by atoms with van der Waals surface area (Å²) in [4.78, 5) is 0. The molecule has 3 heteroatoms. The Hall–Kier alpha value is -1.48. The molecular formula is C32H40FeP2. The maximum atomic E-state index is 2.48. The van der Waals surface area contributed by atoms with Gasteiger partial charge in [0.1, 0.15) is 0 Å². The van der Waals surface area contributed by atoms with Crippen LogP contribution in [0.3, 0.4) is 0 Å². The van der Waals surface area contributed by atoms with Crippen molar-refractivity contribution in [2.75, 3.05) is 0 Å². The van der Waals surface area contributed by atoms with E-state index in [4.69, 9.17) is 0 Å². The molecule has 0 bridgehead atoms. The van der Waals surface area contributed by atoms with Crippen molar-refractivity contribution in [1.82, 2.24) is 0 Å². The fourth-order valence-electron chi connectivity index (χ4n) is 5.19. The largest absolute Gasteiger partial charge is 2.00 e. The van der Waals surface area contributed by atoms with Gasteiger partial charge in [-0.05, 0) is 34.5 Å². The van der Waals surface area contributed by atoms with Crippen LogP contribution in [0, 0.1) is 0 Å². The molecule has 35 heavy (non-hydrogen) atoms. The third-order valence-corrected chi connectivity index (χ3v) is 12.4. The number of rotatable bonds is 5. The zero-order valence-corrected chi connectivity index (χ0v) is 25.1. The van der Waals surface area contributed by atoms with Crippen molar-refractivity contribution in [3.05, 3.63) is 115 Å². The predicted octanol–water partition coefficient (Wildman–Crippen LogP) is 8.71. The molecule has 0 amide bonds. The number of benzene rings is 2. The molecule has 0 fully saturated rings. The topological polar surface area (TPSA) is 0 Å². The number of hydrogen-bond donors (Lipinski definition) is 0. The third kappa shape index (κ3) is 8.00. The quantitative estimate of drug-likeness (QED) is 0.134. The zero-order valence-electron chi connectivity index (χ0n) is 22.2. The van der Waals surface area contributed by atoms with E-state index in [1.165, 1.54) is 15.9 Å². The molecule has 0 spiro atoms. The third-order valence-electron chi connectivity index (χ3n) is 5.93. The number of hydrogen-bond acceptors (Lipinski definition) is 0. The van der Waals surface area contributed by atoms with Gasteiger partial charge in [-0.15, -0.1) is 18.8 Å². The first-order valence-electron chi connectivity index (χ1n) is 12.2. The minimum atomic E-state index is -0.548. The van der Waals surface area contributed by atoms with Crippen LogP contribution in [-0.2, 0) is 17.1 Å². The van der Waals surface area contributed by atoms with Gasteiger partial charge in [-0.25, -0.2) is 24.3 Å². The fraction of sp³-hybridized carbons (Fsp3) is 0.312. The fourth-order valence-corrected chi connectivity index (χ4v) is 12.7. The Morgan fingerprint density at radius 2 is 1.11 bits per heavy atom. The van der Waals surface area contributed by atoms with Gasteiger partial charge < -0.3 is 0 Å². The van der Waals surface area contributed by atoms with Gasteiger partial charge in [-0.1, -0.05) is 109 Å². The van der Waals surface area contributed by atoms with Gasteiger partial charge in [-0.2, -0.15) is 24.3 Å². The van der Waals surface area contributed by atoms with Crippen LogP contribution in [0.25, 0.3) is 0 Å². The second-order valence-corrected chi connectivity index (χ2v) is 17.1. The van der Waals surface area contributed by atoms with Gasteiger partial charge >= 0.3 is 17.1 Å². The van der Waals surface area contributed by atoms with E-state index in [0.717, 1.165) is 0 Å². The van der Waals surface area contributed by atoms with E-state index in [0.29, 0.717) is 16.0 Å². The summed E-state index contributed by atoms with van der Waals surface area (Å²) < 4.78 is 0. The Morgan fingerprint density at radius 3 is 1.49 bits per heavy atom. The second kappa shape index (κ2) is 13.2. The van der Waals surface area contributed by atoms with Crippen molar-refractivity contribution < 1.29 is 17.1 Å². The van der Waals surface area contributed by atoms with Crippen molar-refractivity contribution in [1.29, 1.82) is 0 Å². The molecule has 0 aliphatic heterocycles. The Morgan fingerprint density at radius 1 is 0.657 bits per heavy atom. The summed E-state index contributed by atoms with van der Waals surface area (Å²) >= 11 is 0. The average Bonchev–Trinajstić information content (AvgIpc) is 3.49. The van der Waals surface area contributed by atoms with Crippen molar-refractivity contribution in [2.24, 2.45) is 0 Å². The zero-order chi connectivity index (χ0) is 24.8. The van der Waals surface area contributed by atoms with Gasteiger partial charge in [0.2, 0.25) is 0 Å². The van der Waals surface area contributed by atoms with Crippen LogP contribution in [0.1, 0.15) is 59.7 Å². The molecule has 0 heterocycles. The Labute approximate surface area is 227 Å². The first-order chi connectivity index (χ1) is 16.1. The Kier molecular flexibility index (Phi) is 11.2. The molecule has 186 valence electrons. The van der Waals surface area contributed by atoms with Gasteiger partial charge in [0.15, 0.2) is 0 Å². The van der Waals surface area contributed by atoms with Crippen molar-refractivity contribution >= 4 is 31.8 Å². The Bertz CT molecular complexity index is 1010. The van der Waals surface area contributed by atoms with E-state index in [9.17, 15) is 0 Å². The van der Waals surface area contributed by atoms with Gasteiger partial charge in [0.25, 0.3) is 0 Å². The summed E-state index contributed by atoms with van der Waals surface area (Å²) in [5.41, 5.74) is 2.12. The van der Waals surface area contributed by atoms with E-state index in [2.05, 4.69) is 127 Å². The van der Waals surface area contributed by atoms with Crippen LogP contribution in [0.2, 0.25) is 0 Å². The van der Waals surface area contributed by atoms with Crippen LogP contribution in [0.4, 0.5) is 0 Å². The van der Waals surface area contributed by atoms with Gasteiger partial charge in [0.05, 0.1) is 0 Å². The van der Waals surface area contributed by atoms with Gasteiger partial charge in [0, 0.05) is 0 Å². The maximum Gasteiger partial charge on any atom is 2.00 e. The minimum Gasteiger partial charge on any atom is -0.214 e. The van der Waals surface area contributed by atoms with E-state index >= 15 is 0 Å². The Balaban J connectivity index is 0.000000640. The molecular weight excluding hydrogens is 502 g/mol. The molecule has 4 aromatic carbocycles. The summed E-state index contributed by atoms with van der Waals surface area (Å²) in [5, 5.41) is 5.02. The van der Waals surface area contributed by atoms with Crippen LogP contribution in [0.15, 0.2) is 109 Å². The summed E-state index contributed by atoms with van der Waals surface area (Å²) in [7, 11) is -0.771. The summed E-state index contributed by atoms with van der Waals surface area (Å²) in [6, 6.07) is 39.2. The molecule has 0 aromatic heterocycles. The van der Waals surface area contributed by atoms with Crippen LogP contribution < -0.4 is 15.9 Å². The average molecular weight is 542 g/mol. The molecule has 0 saturated heterocycles. The molecule has 0 nitrogen and oxygen atoms in total. The molecule has 4 aromatic rings. The first-order valence-corrected chi connectivity index (χ1v) is 15.0. The van der Waals surface area contributed by atoms with Crippen LogP contribution >= 0.6 is 15.8 Å². The van der Waals surface area contributed by atoms with Crippen LogP contribution in [0.5, 0.6) is 0 Å². The monoisotopic (exact) mass is 542 g/mol.